The molecule has 0 aliphatic carbocycles. The summed E-state index contributed by atoms with van der Waals surface area (Å²) in [6.45, 7) is 10.2. The molecule has 0 spiro atoms. The SMILES string of the molecule is Cc1ccnc(-c2cccc(Oc3ccc4c5ccc(Oc6cccc(-c7cc(C)ccn7)c6)cc5n(-c5nnc(C(C)(C)C)nn5)c4c3)c2)c1. The Balaban J connectivity index is 1.20. The van der Waals surface area contributed by atoms with Gasteiger partial charge in [-0.05, 0) is 97.8 Å². The Morgan fingerprint density at radius 1 is 0.510 bits per heavy atom. The van der Waals surface area contributed by atoms with Crippen LogP contribution >= 0.6 is 0 Å². The Morgan fingerprint density at radius 3 is 1.43 bits per heavy atom. The molecule has 4 aromatic heterocycles. The van der Waals surface area contributed by atoms with Gasteiger partial charge in [-0.2, -0.15) is 0 Å². The van der Waals surface area contributed by atoms with Gasteiger partial charge < -0.3 is 9.47 Å². The first-order chi connectivity index (χ1) is 24.7. The van der Waals surface area contributed by atoms with Gasteiger partial charge in [0.2, 0.25) is 0 Å². The van der Waals surface area contributed by atoms with Gasteiger partial charge in [-0.15, -0.1) is 20.4 Å². The lowest BCUT2D eigenvalue weighted by Gasteiger charge is -2.14. The number of hydrogen-bond donors (Lipinski definition) is 0. The number of fused-ring (bicyclic) bond motifs is 3. The third-order valence-electron chi connectivity index (χ3n) is 8.61. The third kappa shape index (κ3) is 6.49. The van der Waals surface area contributed by atoms with Crippen LogP contribution in [0.4, 0.5) is 0 Å². The van der Waals surface area contributed by atoms with Crippen molar-refractivity contribution < 1.29 is 9.47 Å². The molecule has 0 N–H and O–H groups in total. The van der Waals surface area contributed by atoms with Crippen molar-refractivity contribution in [2.75, 3.05) is 0 Å². The molecule has 0 aliphatic heterocycles. The fraction of sp³-hybridized carbons (Fsp3) is 0.143. The summed E-state index contributed by atoms with van der Waals surface area (Å²) in [5, 5.41) is 20.1. The molecule has 0 unspecified atom stereocenters. The Labute approximate surface area is 295 Å². The first-order valence-corrected chi connectivity index (χ1v) is 16.8. The maximum atomic E-state index is 6.44. The molecular formula is C42H35N7O2. The number of rotatable bonds is 7. The van der Waals surface area contributed by atoms with E-state index >= 15 is 0 Å². The highest BCUT2D eigenvalue weighted by atomic mass is 16.5. The number of aromatic nitrogens is 7. The van der Waals surface area contributed by atoms with Crippen LogP contribution in [-0.4, -0.2) is 34.9 Å². The topological polar surface area (TPSA) is 101 Å². The number of benzene rings is 4. The zero-order valence-electron chi connectivity index (χ0n) is 29.0. The smallest absolute Gasteiger partial charge is 0.273 e. The summed E-state index contributed by atoms with van der Waals surface area (Å²) in [7, 11) is 0. The molecule has 9 heteroatoms. The van der Waals surface area contributed by atoms with Gasteiger partial charge in [0, 0.05) is 51.8 Å². The second-order valence-corrected chi connectivity index (χ2v) is 13.7. The van der Waals surface area contributed by atoms with E-state index in [1.807, 2.05) is 123 Å². The zero-order chi connectivity index (χ0) is 35.1. The second kappa shape index (κ2) is 12.8. The molecule has 4 aromatic carbocycles. The predicted molar refractivity (Wildman–Crippen MR) is 200 cm³/mol. The summed E-state index contributed by atoms with van der Waals surface area (Å²) in [5.41, 5.74) is 7.42. The van der Waals surface area contributed by atoms with Gasteiger partial charge in [0.25, 0.3) is 5.95 Å². The Bertz CT molecular complexity index is 2410. The van der Waals surface area contributed by atoms with Crippen LogP contribution in [0.1, 0.15) is 37.7 Å². The monoisotopic (exact) mass is 669 g/mol. The standard InChI is InChI=1S/C42H35N7O2/c1-26-16-18-43-36(20-26)28-8-6-10-30(22-28)50-32-12-14-34-35-15-13-33(51-31-11-7-9-29(23-31)37-21-27(2)17-19-44-37)25-39(35)49(38(34)24-32)41-47-45-40(46-48-41)42(3,4)5/h6-25H,1-5H3. The van der Waals surface area contributed by atoms with E-state index in [1.54, 1.807) is 0 Å². The van der Waals surface area contributed by atoms with E-state index in [0.29, 0.717) is 34.8 Å². The number of aryl methyl sites for hydroxylation is 2. The number of hydrogen-bond acceptors (Lipinski definition) is 8. The van der Waals surface area contributed by atoms with Crippen LogP contribution in [0, 0.1) is 13.8 Å². The quantitative estimate of drug-likeness (QED) is 0.165. The lowest BCUT2D eigenvalue weighted by Crippen LogP contribution is -2.19. The van der Waals surface area contributed by atoms with Crippen molar-refractivity contribution in [1.82, 2.24) is 34.9 Å². The maximum Gasteiger partial charge on any atom is 0.273 e. The summed E-state index contributed by atoms with van der Waals surface area (Å²) >= 11 is 0. The number of ether oxygens (including phenoxy) is 2. The molecule has 51 heavy (non-hydrogen) atoms. The average molecular weight is 670 g/mol. The van der Waals surface area contributed by atoms with E-state index in [2.05, 4.69) is 68.5 Å². The van der Waals surface area contributed by atoms with Gasteiger partial charge in [0.05, 0.1) is 22.4 Å². The Kier molecular flexibility index (Phi) is 7.95. The van der Waals surface area contributed by atoms with Crippen LogP contribution in [0.15, 0.2) is 122 Å². The van der Waals surface area contributed by atoms with Gasteiger partial charge in [-0.1, -0.05) is 45.0 Å². The second-order valence-electron chi connectivity index (χ2n) is 13.7. The van der Waals surface area contributed by atoms with Gasteiger partial charge in [0.15, 0.2) is 5.82 Å². The molecule has 0 bridgehead atoms. The predicted octanol–water partition coefficient (Wildman–Crippen LogP) is 9.99. The van der Waals surface area contributed by atoms with Crippen LogP contribution in [-0.2, 0) is 5.41 Å². The molecule has 8 aromatic rings. The van der Waals surface area contributed by atoms with Crippen molar-refractivity contribution in [2.45, 2.75) is 40.0 Å². The fourth-order valence-electron chi connectivity index (χ4n) is 6.03. The van der Waals surface area contributed by atoms with Crippen LogP contribution in [0.3, 0.4) is 0 Å². The number of pyridine rings is 2. The summed E-state index contributed by atoms with van der Waals surface area (Å²) in [5.74, 6) is 3.62. The highest BCUT2D eigenvalue weighted by Crippen LogP contribution is 2.38. The first-order valence-electron chi connectivity index (χ1n) is 16.8. The van der Waals surface area contributed by atoms with E-state index in [0.717, 1.165) is 55.4 Å². The molecule has 250 valence electrons. The van der Waals surface area contributed by atoms with Crippen LogP contribution < -0.4 is 9.47 Å². The molecule has 0 saturated carbocycles. The highest BCUT2D eigenvalue weighted by molar-refractivity contribution is 6.09. The van der Waals surface area contributed by atoms with Crippen molar-refractivity contribution in [3.8, 4) is 51.5 Å². The maximum absolute atomic E-state index is 6.44. The van der Waals surface area contributed by atoms with Crippen LogP contribution in [0.5, 0.6) is 23.0 Å². The van der Waals surface area contributed by atoms with E-state index in [4.69, 9.17) is 9.47 Å². The molecule has 0 aliphatic rings. The minimum atomic E-state index is -0.299. The molecule has 0 fully saturated rings. The molecule has 0 radical (unpaired) electrons. The van der Waals surface area contributed by atoms with E-state index in [-0.39, 0.29) is 5.41 Å². The Hall–Kier alpha value is -6.48. The molecule has 0 atom stereocenters. The van der Waals surface area contributed by atoms with Gasteiger partial charge in [0.1, 0.15) is 23.0 Å². The summed E-state index contributed by atoms with van der Waals surface area (Å²) in [6.07, 6.45) is 3.64. The number of nitrogens with zero attached hydrogens (tertiary/aromatic N) is 7. The third-order valence-corrected chi connectivity index (χ3v) is 8.61. The lowest BCUT2D eigenvalue weighted by molar-refractivity contribution is 0.483. The van der Waals surface area contributed by atoms with E-state index in [1.165, 1.54) is 0 Å². The normalized spacial score (nSPS) is 11.6. The van der Waals surface area contributed by atoms with Crippen molar-refractivity contribution in [3.63, 3.8) is 0 Å². The van der Waals surface area contributed by atoms with Crippen molar-refractivity contribution in [1.29, 1.82) is 0 Å². The zero-order valence-corrected chi connectivity index (χ0v) is 29.0. The summed E-state index contributed by atoms with van der Waals surface area (Å²) in [4.78, 5) is 9.09. The van der Waals surface area contributed by atoms with Gasteiger partial charge in [-0.25, -0.2) is 0 Å². The molecular weight excluding hydrogens is 635 g/mol. The molecule has 8 rings (SSSR count). The highest BCUT2D eigenvalue weighted by Gasteiger charge is 2.21. The van der Waals surface area contributed by atoms with Crippen LogP contribution in [0.25, 0.3) is 50.3 Å². The molecule has 9 nitrogen and oxygen atoms in total. The Morgan fingerprint density at radius 2 is 0.980 bits per heavy atom. The van der Waals surface area contributed by atoms with Crippen molar-refractivity contribution >= 4 is 21.8 Å². The fourth-order valence-corrected chi connectivity index (χ4v) is 6.03. The minimum Gasteiger partial charge on any atom is -0.457 e. The molecule has 0 amide bonds. The summed E-state index contributed by atoms with van der Waals surface area (Å²) in [6, 6.07) is 36.0. The lowest BCUT2D eigenvalue weighted by atomic mass is 9.96. The summed E-state index contributed by atoms with van der Waals surface area (Å²) < 4.78 is 14.8. The van der Waals surface area contributed by atoms with Crippen LogP contribution in [0.2, 0.25) is 0 Å². The average Bonchev–Trinajstić information content (AvgIpc) is 3.44. The van der Waals surface area contributed by atoms with E-state index in [9.17, 15) is 0 Å². The van der Waals surface area contributed by atoms with Crippen molar-refractivity contribution in [2.24, 2.45) is 0 Å². The van der Waals surface area contributed by atoms with E-state index < -0.39 is 0 Å². The molecule has 0 saturated heterocycles. The van der Waals surface area contributed by atoms with Gasteiger partial charge >= 0.3 is 0 Å². The largest absolute Gasteiger partial charge is 0.457 e. The molecule has 4 heterocycles. The van der Waals surface area contributed by atoms with Crippen molar-refractivity contribution in [3.05, 3.63) is 139 Å². The first kappa shape index (κ1) is 31.8. The minimum absolute atomic E-state index is 0.299. The van der Waals surface area contributed by atoms with Gasteiger partial charge in [-0.3, -0.25) is 14.5 Å².